The van der Waals surface area contributed by atoms with E-state index in [0.717, 1.165) is 37.5 Å². The third-order valence-electron chi connectivity index (χ3n) is 5.08. The van der Waals surface area contributed by atoms with Crippen LogP contribution in [-0.4, -0.2) is 26.5 Å². The summed E-state index contributed by atoms with van der Waals surface area (Å²) in [5, 5.41) is 5.74. The lowest BCUT2D eigenvalue weighted by molar-refractivity contribution is -0.141. The van der Waals surface area contributed by atoms with E-state index in [2.05, 4.69) is 30.6 Å². The van der Waals surface area contributed by atoms with Gasteiger partial charge < -0.3 is 10.6 Å². The summed E-state index contributed by atoms with van der Waals surface area (Å²) in [7, 11) is 0. The van der Waals surface area contributed by atoms with E-state index in [0.29, 0.717) is 18.5 Å². The Hall–Kier alpha value is -3.70. The fraction of sp³-hybridized carbons (Fsp3) is 0.304. The zero-order valence-electron chi connectivity index (χ0n) is 18.2. The Morgan fingerprint density at radius 1 is 0.771 bits per heavy atom. The molecule has 0 atom stereocenters. The highest BCUT2D eigenvalue weighted by atomic mass is 19.4. The molecular formula is C23H20F6N6. The normalized spacial score (nSPS) is 15.8. The molecule has 0 saturated carbocycles. The third-order valence-corrected chi connectivity index (χ3v) is 5.08. The molecule has 4 rings (SSSR count). The second-order valence-electron chi connectivity index (χ2n) is 7.85. The predicted molar refractivity (Wildman–Crippen MR) is 118 cm³/mol. The van der Waals surface area contributed by atoms with Crippen molar-refractivity contribution in [2.45, 2.75) is 38.0 Å². The molecule has 0 fully saturated rings. The number of nitrogens with zero attached hydrogens (tertiary/aromatic N) is 4. The number of aromatic nitrogens is 4. The van der Waals surface area contributed by atoms with Crippen LogP contribution in [-0.2, 0) is 18.8 Å². The average molecular weight is 494 g/mol. The summed E-state index contributed by atoms with van der Waals surface area (Å²) >= 11 is 0. The van der Waals surface area contributed by atoms with Crippen LogP contribution in [0, 0.1) is 0 Å². The summed E-state index contributed by atoms with van der Waals surface area (Å²) in [6.07, 6.45) is -2.88. The Morgan fingerprint density at radius 2 is 1.57 bits per heavy atom. The molecule has 0 spiro atoms. The number of halogens is 6. The Balaban J connectivity index is 1.78. The SMILES string of the molecule is FC(F)(F)c1cc2cc(c1)Nc1nc(nc(-c3cccc(C(F)(F)F)n3)n1)NCCCC/C=C/C2. The van der Waals surface area contributed by atoms with E-state index in [9.17, 15) is 26.3 Å². The molecule has 0 saturated heterocycles. The number of benzene rings is 1. The van der Waals surface area contributed by atoms with Gasteiger partial charge in [0.05, 0.1) is 5.56 Å². The molecule has 0 amide bonds. The quantitative estimate of drug-likeness (QED) is 0.301. The first-order valence-electron chi connectivity index (χ1n) is 10.8. The predicted octanol–water partition coefficient (Wildman–Crippen LogP) is 6.41. The summed E-state index contributed by atoms with van der Waals surface area (Å²) in [5.74, 6) is -0.226. The molecule has 6 nitrogen and oxygen atoms in total. The maximum Gasteiger partial charge on any atom is 0.433 e. The highest BCUT2D eigenvalue weighted by Gasteiger charge is 2.33. The second-order valence-corrected chi connectivity index (χ2v) is 7.85. The van der Waals surface area contributed by atoms with E-state index in [1.54, 1.807) is 0 Å². The molecule has 35 heavy (non-hydrogen) atoms. The second kappa shape index (κ2) is 9.88. The molecule has 3 aromatic rings. The largest absolute Gasteiger partial charge is 0.433 e. The van der Waals surface area contributed by atoms with Gasteiger partial charge in [0.2, 0.25) is 11.9 Å². The van der Waals surface area contributed by atoms with Gasteiger partial charge in [-0.1, -0.05) is 18.2 Å². The van der Waals surface area contributed by atoms with E-state index in [1.807, 2.05) is 12.2 Å². The highest BCUT2D eigenvalue weighted by Crippen LogP contribution is 2.33. The van der Waals surface area contributed by atoms with Crippen molar-refractivity contribution >= 4 is 17.6 Å². The van der Waals surface area contributed by atoms with Crippen LogP contribution < -0.4 is 10.6 Å². The van der Waals surface area contributed by atoms with Crippen molar-refractivity contribution < 1.29 is 26.3 Å². The fourth-order valence-corrected chi connectivity index (χ4v) is 3.44. The number of nitrogens with one attached hydrogen (secondary N) is 2. The molecule has 0 unspecified atom stereocenters. The standard InChI is InChI=1S/C23H20F6N6/c24-22(25,26)15-11-14-7-4-2-1-3-5-10-30-20-33-19(34-21(35-20)31-16(12-14)13-15)17-8-6-9-18(32-17)23(27,28)29/h2,4,6,8-9,11-13H,1,3,5,7,10H2,(H2,30,31,33,34,35)/b4-2+. The summed E-state index contributed by atoms with van der Waals surface area (Å²) in [5.41, 5.74) is -1.60. The van der Waals surface area contributed by atoms with Gasteiger partial charge in [0.1, 0.15) is 11.4 Å². The lowest BCUT2D eigenvalue weighted by atomic mass is 10.1. The molecule has 0 radical (unpaired) electrons. The molecule has 2 N–H and O–H groups in total. The number of hydrogen-bond acceptors (Lipinski definition) is 6. The molecule has 184 valence electrons. The van der Waals surface area contributed by atoms with Crippen LogP contribution in [0.1, 0.15) is 36.1 Å². The molecule has 1 aliphatic rings. The molecular weight excluding hydrogens is 474 g/mol. The monoisotopic (exact) mass is 494 g/mol. The number of rotatable bonds is 1. The van der Waals surface area contributed by atoms with Gasteiger partial charge in [-0.3, -0.25) is 0 Å². The number of fused-ring (bicyclic) bond motifs is 4. The van der Waals surface area contributed by atoms with Crippen molar-refractivity contribution in [3.8, 4) is 11.5 Å². The Kier molecular flexibility index (Phi) is 6.90. The number of allylic oxidation sites excluding steroid dienone is 2. The number of anilines is 3. The van der Waals surface area contributed by atoms with Crippen LogP contribution in [0.2, 0.25) is 0 Å². The van der Waals surface area contributed by atoms with Crippen LogP contribution >= 0.6 is 0 Å². The van der Waals surface area contributed by atoms with Crippen molar-refractivity contribution in [2.24, 2.45) is 0 Å². The van der Waals surface area contributed by atoms with Gasteiger partial charge in [-0.25, -0.2) is 4.98 Å². The molecule has 1 aromatic carbocycles. The first kappa shape index (κ1) is 24.4. The first-order chi connectivity index (χ1) is 16.6. The molecule has 1 aliphatic heterocycles. The smallest absolute Gasteiger partial charge is 0.354 e. The number of pyridine rings is 1. The van der Waals surface area contributed by atoms with Gasteiger partial charge in [0, 0.05) is 12.2 Å². The van der Waals surface area contributed by atoms with Gasteiger partial charge in [-0.15, -0.1) is 0 Å². The summed E-state index contributed by atoms with van der Waals surface area (Å²) in [4.78, 5) is 16.1. The van der Waals surface area contributed by atoms with Gasteiger partial charge in [-0.2, -0.15) is 41.3 Å². The Morgan fingerprint density at radius 3 is 2.34 bits per heavy atom. The molecule has 2 aromatic heterocycles. The minimum Gasteiger partial charge on any atom is -0.354 e. The summed E-state index contributed by atoms with van der Waals surface area (Å²) in [6, 6.07) is 6.85. The minimum absolute atomic E-state index is 0.0642. The van der Waals surface area contributed by atoms with Crippen LogP contribution in [0.4, 0.5) is 43.9 Å². The maximum atomic E-state index is 13.5. The van der Waals surface area contributed by atoms with E-state index >= 15 is 0 Å². The molecule has 12 heteroatoms. The van der Waals surface area contributed by atoms with Crippen LogP contribution in [0.15, 0.2) is 48.6 Å². The Labute approximate surface area is 196 Å². The molecule has 3 heterocycles. The molecule has 0 aliphatic carbocycles. The number of hydrogen-bond donors (Lipinski definition) is 2. The number of alkyl halides is 6. The van der Waals surface area contributed by atoms with Gasteiger partial charge in [0.15, 0.2) is 5.82 Å². The topological polar surface area (TPSA) is 75.6 Å². The van der Waals surface area contributed by atoms with Crippen LogP contribution in [0.25, 0.3) is 11.5 Å². The highest BCUT2D eigenvalue weighted by molar-refractivity contribution is 5.60. The third kappa shape index (κ3) is 6.46. The van der Waals surface area contributed by atoms with E-state index in [4.69, 9.17) is 0 Å². The van der Waals surface area contributed by atoms with Gasteiger partial charge in [-0.05, 0) is 61.6 Å². The summed E-state index contributed by atoms with van der Waals surface area (Å²) < 4.78 is 79.9. The van der Waals surface area contributed by atoms with E-state index in [-0.39, 0.29) is 29.1 Å². The van der Waals surface area contributed by atoms with Crippen LogP contribution in [0.5, 0.6) is 0 Å². The Bertz CT molecular complexity index is 1220. The van der Waals surface area contributed by atoms with Crippen molar-refractivity contribution in [3.05, 3.63) is 65.4 Å². The van der Waals surface area contributed by atoms with Crippen LogP contribution in [0.3, 0.4) is 0 Å². The zero-order chi connectivity index (χ0) is 25.1. The van der Waals surface area contributed by atoms with Crippen molar-refractivity contribution in [1.82, 2.24) is 19.9 Å². The fourth-order valence-electron chi connectivity index (χ4n) is 3.44. The van der Waals surface area contributed by atoms with E-state index < -0.39 is 23.6 Å². The maximum absolute atomic E-state index is 13.5. The average Bonchev–Trinajstić information content (AvgIpc) is 2.79. The minimum atomic E-state index is -4.67. The zero-order valence-corrected chi connectivity index (χ0v) is 18.2. The first-order valence-corrected chi connectivity index (χ1v) is 10.8. The molecule has 4 bridgehead atoms. The lowest BCUT2D eigenvalue weighted by Gasteiger charge is -2.14. The van der Waals surface area contributed by atoms with E-state index in [1.165, 1.54) is 18.2 Å². The van der Waals surface area contributed by atoms with Crippen molar-refractivity contribution in [3.63, 3.8) is 0 Å². The van der Waals surface area contributed by atoms with Crippen molar-refractivity contribution in [1.29, 1.82) is 0 Å². The van der Waals surface area contributed by atoms with Gasteiger partial charge >= 0.3 is 12.4 Å². The summed E-state index contributed by atoms with van der Waals surface area (Å²) in [6.45, 7) is 0.485. The lowest BCUT2D eigenvalue weighted by Crippen LogP contribution is -2.12. The van der Waals surface area contributed by atoms with Crippen molar-refractivity contribution in [2.75, 3.05) is 17.2 Å². The van der Waals surface area contributed by atoms with Gasteiger partial charge in [0.25, 0.3) is 0 Å².